The lowest BCUT2D eigenvalue weighted by molar-refractivity contribution is 0.0533. The zero-order valence-corrected chi connectivity index (χ0v) is 12.9. The third-order valence-corrected chi connectivity index (χ3v) is 4.04. The van der Waals surface area contributed by atoms with Gasteiger partial charge < -0.3 is 14.4 Å². The molecular weight excluding hydrogens is 297 g/mol. The lowest BCUT2D eigenvalue weighted by atomic mass is 10.1. The van der Waals surface area contributed by atoms with Crippen LogP contribution in [0.3, 0.4) is 0 Å². The number of piperazine rings is 1. The lowest BCUT2D eigenvalue weighted by Gasteiger charge is -2.34. The molecule has 1 aromatic carbocycles. The fourth-order valence-electron chi connectivity index (χ4n) is 2.73. The van der Waals surface area contributed by atoms with Gasteiger partial charge in [-0.3, -0.25) is 9.59 Å². The number of rotatable bonds is 2. The molecule has 1 aromatic heterocycles. The Kier molecular flexibility index (Phi) is 4.14. The van der Waals surface area contributed by atoms with Crippen LogP contribution in [0.5, 0.6) is 0 Å². The zero-order valence-electron chi connectivity index (χ0n) is 12.9. The van der Waals surface area contributed by atoms with Crippen LogP contribution in [-0.2, 0) is 7.05 Å². The molecule has 0 bridgehead atoms. The van der Waals surface area contributed by atoms with Gasteiger partial charge in [0.2, 0.25) is 0 Å². The van der Waals surface area contributed by atoms with Crippen LogP contribution in [0.15, 0.2) is 42.7 Å². The molecule has 1 fully saturated rings. The first-order valence-electron chi connectivity index (χ1n) is 7.51. The minimum absolute atomic E-state index is 0.0383. The number of carbonyl (C=O) groups excluding carboxylic acids is 2. The summed E-state index contributed by atoms with van der Waals surface area (Å²) in [5, 5.41) is 0. The molecule has 0 N–H and O–H groups in total. The topological polar surface area (TPSA) is 45.6 Å². The zero-order chi connectivity index (χ0) is 16.4. The Morgan fingerprint density at radius 2 is 1.57 bits per heavy atom. The molecule has 23 heavy (non-hydrogen) atoms. The van der Waals surface area contributed by atoms with Crippen LogP contribution < -0.4 is 0 Å². The molecule has 120 valence electrons. The number of halogens is 1. The monoisotopic (exact) mass is 315 g/mol. The molecule has 1 aliphatic rings. The summed E-state index contributed by atoms with van der Waals surface area (Å²) in [5.74, 6) is -0.876. The van der Waals surface area contributed by atoms with Crippen molar-refractivity contribution in [2.75, 3.05) is 26.2 Å². The molecule has 2 amide bonds. The number of benzene rings is 1. The minimum atomic E-state index is -0.514. The molecule has 0 spiro atoms. The van der Waals surface area contributed by atoms with Crippen LogP contribution in [0.4, 0.5) is 4.39 Å². The molecule has 6 heteroatoms. The summed E-state index contributed by atoms with van der Waals surface area (Å²) in [4.78, 5) is 28.0. The van der Waals surface area contributed by atoms with E-state index in [0.717, 1.165) is 0 Å². The van der Waals surface area contributed by atoms with Crippen molar-refractivity contribution in [3.05, 3.63) is 59.7 Å². The summed E-state index contributed by atoms with van der Waals surface area (Å²) in [7, 11) is 1.86. The van der Waals surface area contributed by atoms with Crippen LogP contribution >= 0.6 is 0 Å². The number of amides is 2. The summed E-state index contributed by atoms with van der Waals surface area (Å²) < 4.78 is 15.5. The number of hydrogen-bond donors (Lipinski definition) is 0. The first-order chi connectivity index (χ1) is 11.1. The minimum Gasteiger partial charge on any atom is -0.356 e. The second kappa shape index (κ2) is 6.24. The molecule has 3 rings (SSSR count). The highest BCUT2D eigenvalue weighted by molar-refractivity contribution is 5.96. The Hall–Kier alpha value is -2.63. The van der Waals surface area contributed by atoms with E-state index in [1.807, 2.05) is 17.8 Å². The van der Waals surface area contributed by atoms with Crippen molar-refractivity contribution in [1.82, 2.24) is 14.4 Å². The third kappa shape index (κ3) is 3.11. The van der Waals surface area contributed by atoms with E-state index in [2.05, 4.69) is 0 Å². The fraction of sp³-hybridized carbons (Fsp3) is 0.294. The molecule has 2 aromatic rings. The maximum absolute atomic E-state index is 13.7. The Morgan fingerprint density at radius 1 is 0.957 bits per heavy atom. The van der Waals surface area contributed by atoms with Crippen molar-refractivity contribution in [1.29, 1.82) is 0 Å². The van der Waals surface area contributed by atoms with Gasteiger partial charge in [-0.1, -0.05) is 12.1 Å². The smallest absolute Gasteiger partial charge is 0.256 e. The SMILES string of the molecule is Cn1ccc(C(=O)N2CCN(C(=O)c3ccccc3F)CC2)c1. The molecule has 0 atom stereocenters. The molecule has 0 radical (unpaired) electrons. The van der Waals surface area contributed by atoms with Crippen LogP contribution in [-0.4, -0.2) is 52.4 Å². The van der Waals surface area contributed by atoms with Gasteiger partial charge in [0.25, 0.3) is 11.8 Å². The van der Waals surface area contributed by atoms with E-state index in [1.165, 1.54) is 12.1 Å². The maximum atomic E-state index is 13.7. The molecule has 0 saturated carbocycles. The fourth-order valence-corrected chi connectivity index (χ4v) is 2.73. The van der Waals surface area contributed by atoms with E-state index in [1.54, 1.807) is 34.2 Å². The van der Waals surface area contributed by atoms with E-state index in [0.29, 0.717) is 31.7 Å². The molecule has 5 nitrogen and oxygen atoms in total. The van der Waals surface area contributed by atoms with Crippen molar-refractivity contribution >= 4 is 11.8 Å². The van der Waals surface area contributed by atoms with Gasteiger partial charge in [-0.2, -0.15) is 0 Å². The quantitative estimate of drug-likeness (QED) is 0.848. The Labute approximate surface area is 133 Å². The summed E-state index contributed by atoms with van der Waals surface area (Å²) >= 11 is 0. The second-order valence-corrected chi connectivity index (χ2v) is 5.63. The van der Waals surface area contributed by atoms with Crippen LogP contribution in [0.25, 0.3) is 0 Å². The predicted molar refractivity (Wildman–Crippen MR) is 83.6 cm³/mol. The van der Waals surface area contributed by atoms with Crippen molar-refractivity contribution in [2.24, 2.45) is 7.05 Å². The number of carbonyl (C=O) groups is 2. The second-order valence-electron chi connectivity index (χ2n) is 5.63. The number of nitrogens with zero attached hydrogens (tertiary/aromatic N) is 3. The van der Waals surface area contributed by atoms with E-state index in [9.17, 15) is 14.0 Å². The summed E-state index contributed by atoms with van der Waals surface area (Å²) in [6.07, 6.45) is 3.60. The first kappa shape index (κ1) is 15.3. The molecule has 1 aliphatic heterocycles. The molecule has 0 unspecified atom stereocenters. The van der Waals surface area contributed by atoms with E-state index >= 15 is 0 Å². The van der Waals surface area contributed by atoms with E-state index in [4.69, 9.17) is 0 Å². The largest absolute Gasteiger partial charge is 0.356 e. The normalized spacial score (nSPS) is 14.9. The van der Waals surface area contributed by atoms with Gasteiger partial charge in [0.1, 0.15) is 5.82 Å². The average Bonchev–Trinajstić information content (AvgIpc) is 3.01. The molecule has 0 aliphatic carbocycles. The Balaban J connectivity index is 1.63. The Bertz CT molecular complexity index is 733. The van der Waals surface area contributed by atoms with Gasteiger partial charge in [-0.05, 0) is 18.2 Å². The predicted octanol–water partition coefficient (Wildman–Crippen LogP) is 1.76. The number of aryl methyl sites for hydroxylation is 1. The summed E-state index contributed by atoms with van der Waals surface area (Å²) in [5.41, 5.74) is 0.719. The van der Waals surface area contributed by atoms with Crippen molar-refractivity contribution < 1.29 is 14.0 Å². The first-order valence-corrected chi connectivity index (χ1v) is 7.51. The van der Waals surface area contributed by atoms with Crippen molar-refractivity contribution in [3.8, 4) is 0 Å². The summed E-state index contributed by atoms with van der Waals surface area (Å²) in [6, 6.07) is 7.74. The lowest BCUT2D eigenvalue weighted by Crippen LogP contribution is -2.50. The van der Waals surface area contributed by atoms with Crippen LogP contribution in [0, 0.1) is 5.82 Å². The van der Waals surface area contributed by atoms with Gasteiger partial charge in [-0.25, -0.2) is 4.39 Å². The number of aromatic nitrogens is 1. The standard InChI is InChI=1S/C17H18FN3O2/c1-19-7-6-13(12-19)16(22)20-8-10-21(11-9-20)17(23)14-4-2-3-5-15(14)18/h2-7,12H,8-11H2,1H3. The van der Waals surface area contributed by atoms with Gasteiger partial charge >= 0.3 is 0 Å². The maximum Gasteiger partial charge on any atom is 0.256 e. The Morgan fingerprint density at radius 3 is 2.13 bits per heavy atom. The number of hydrogen-bond acceptors (Lipinski definition) is 2. The van der Waals surface area contributed by atoms with Gasteiger partial charge in [0, 0.05) is 45.6 Å². The third-order valence-electron chi connectivity index (χ3n) is 4.04. The van der Waals surface area contributed by atoms with Gasteiger partial charge in [0.05, 0.1) is 11.1 Å². The highest BCUT2D eigenvalue weighted by Crippen LogP contribution is 2.14. The van der Waals surface area contributed by atoms with E-state index < -0.39 is 5.82 Å². The van der Waals surface area contributed by atoms with Crippen molar-refractivity contribution in [2.45, 2.75) is 0 Å². The van der Waals surface area contributed by atoms with Crippen LogP contribution in [0.2, 0.25) is 0 Å². The highest BCUT2D eigenvalue weighted by Gasteiger charge is 2.26. The van der Waals surface area contributed by atoms with E-state index in [-0.39, 0.29) is 17.4 Å². The highest BCUT2D eigenvalue weighted by atomic mass is 19.1. The molecule has 2 heterocycles. The van der Waals surface area contributed by atoms with Gasteiger partial charge in [-0.15, -0.1) is 0 Å². The average molecular weight is 315 g/mol. The van der Waals surface area contributed by atoms with Crippen molar-refractivity contribution in [3.63, 3.8) is 0 Å². The summed E-state index contributed by atoms with van der Waals surface area (Å²) in [6.45, 7) is 1.72. The molecular formula is C17H18FN3O2. The molecule has 1 saturated heterocycles. The van der Waals surface area contributed by atoms with Gasteiger partial charge in [0.15, 0.2) is 0 Å². The van der Waals surface area contributed by atoms with Crippen LogP contribution in [0.1, 0.15) is 20.7 Å².